The van der Waals surface area contributed by atoms with Crippen LogP contribution in [0.3, 0.4) is 0 Å². The zero-order valence-corrected chi connectivity index (χ0v) is 14.7. The normalized spacial score (nSPS) is 10.6. The molecule has 0 saturated heterocycles. The van der Waals surface area contributed by atoms with E-state index in [0.29, 0.717) is 5.56 Å². The molecule has 4 heteroatoms. The van der Waals surface area contributed by atoms with Gasteiger partial charge < -0.3 is 10.3 Å². The Labute approximate surface area is 157 Å². The molecule has 1 aromatic heterocycles. The second-order valence-electron chi connectivity index (χ2n) is 6.49. The van der Waals surface area contributed by atoms with Gasteiger partial charge in [-0.3, -0.25) is 5.41 Å². The molecule has 0 radical (unpaired) electrons. The van der Waals surface area contributed by atoms with Crippen LogP contribution in [-0.4, -0.2) is 10.4 Å². The number of benzene rings is 3. The van der Waals surface area contributed by atoms with Crippen molar-refractivity contribution in [2.45, 2.75) is 6.54 Å². The molecular weight excluding hydrogens is 332 g/mol. The van der Waals surface area contributed by atoms with Gasteiger partial charge in [0.15, 0.2) is 0 Å². The number of nitrogen functional groups attached to an aromatic ring is 1. The molecular formula is C23H18N4. The van der Waals surface area contributed by atoms with Gasteiger partial charge in [0.05, 0.1) is 11.6 Å². The number of nitrogens with two attached hydrogens (primary N) is 1. The van der Waals surface area contributed by atoms with Gasteiger partial charge in [-0.15, -0.1) is 0 Å². The van der Waals surface area contributed by atoms with E-state index in [-0.39, 0.29) is 5.84 Å². The van der Waals surface area contributed by atoms with E-state index < -0.39 is 0 Å². The summed E-state index contributed by atoms with van der Waals surface area (Å²) in [6, 6.07) is 26.1. The van der Waals surface area contributed by atoms with Crippen LogP contribution in [0.25, 0.3) is 22.0 Å². The molecule has 0 bridgehead atoms. The Morgan fingerprint density at radius 2 is 1.78 bits per heavy atom. The number of amidine groups is 1. The van der Waals surface area contributed by atoms with Gasteiger partial charge in [-0.1, -0.05) is 42.5 Å². The number of nitrogens with one attached hydrogen (secondary N) is 1. The monoisotopic (exact) mass is 350 g/mol. The predicted molar refractivity (Wildman–Crippen MR) is 109 cm³/mol. The molecule has 4 aromatic rings. The third-order valence-electron chi connectivity index (χ3n) is 4.75. The van der Waals surface area contributed by atoms with E-state index in [2.05, 4.69) is 34.9 Å². The van der Waals surface area contributed by atoms with Gasteiger partial charge in [0.2, 0.25) is 0 Å². The second-order valence-corrected chi connectivity index (χ2v) is 6.49. The fourth-order valence-electron chi connectivity index (χ4n) is 3.32. The molecule has 3 aromatic carbocycles. The highest BCUT2D eigenvalue weighted by molar-refractivity contribution is 5.98. The molecule has 0 saturated carbocycles. The Hall–Kier alpha value is -3.84. The van der Waals surface area contributed by atoms with E-state index in [1.807, 2.05) is 54.7 Å². The number of rotatable bonds is 4. The summed E-state index contributed by atoms with van der Waals surface area (Å²) in [5.41, 5.74) is 11.3. The van der Waals surface area contributed by atoms with Gasteiger partial charge in [0.1, 0.15) is 5.84 Å². The first-order valence-electron chi connectivity index (χ1n) is 8.67. The molecule has 0 aliphatic rings. The molecule has 130 valence electrons. The summed E-state index contributed by atoms with van der Waals surface area (Å²) < 4.78 is 2.18. The quantitative estimate of drug-likeness (QED) is 0.419. The predicted octanol–water partition coefficient (Wildman–Crippen LogP) is 4.51. The van der Waals surface area contributed by atoms with Crippen LogP contribution < -0.4 is 5.73 Å². The minimum atomic E-state index is 0.0814. The van der Waals surface area contributed by atoms with Crippen LogP contribution in [0.5, 0.6) is 0 Å². The Morgan fingerprint density at radius 3 is 2.52 bits per heavy atom. The highest BCUT2D eigenvalue weighted by Gasteiger charge is 2.06. The summed E-state index contributed by atoms with van der Waals surface area (Å²) in [6.45, 7) is 0.753. The maximum atomic E-state index is 9.29. The summed E-state index contributed by atoms with van der Waals surface area (Å²) >= 11 is 0. The molecule has 0 unspecified atom stereocenters. The first-order chi connectivity index (χ1) is 13.2. The van der Waals surface area contributed by atoms with Crippen molar-refractivity contribution in [2.24, 2.45) is 5.73 Å². The van der Waals surface area contributed by atoms with Crippen molar-refractivity contribution in [3.8, 4) is 17.2 Å². The second kappa shape index (κ2) is 6.81. The molecule has 0 spiro atoms. The molecule has 0 aliphatic heterocycles. The summed E-state index contributed by atoms with van der Waals surface area (Å²) in [4.78, 5) is 0. The van der Waals surface area contributed by atoms with E-state index in [1.54, 1.807) is 0 Å². The first-order valence-corrected chi connectivity index (χ1v) is 8.67. The Bertz CT molecular complexity index is 1180. The number of nitrogens with zero attached hydrogens (tertiary/aromatic N) is 2. The number of hydrogen-bond donors (Lipinski definition) is 2. The maximum absolute atomic E-state index is 9.29. The lowest BCUT2D eigenvalue weighted by Gasteiger charge is -2.09. The van der Waals surface area contributed by atoms with Crippen molar-refractivity contribution in [2.75, 3.05) is 0 Å². The smallest absolute Gasteiger partial charge is 0.122 e. The molecule has 0 amide bonds. The standard InChI is InChI=1S/C23H18N4/c24-14-20-3-1-2-4-21(20)17-7-5-16(6-8-17)15-27-12-11-18-13-19(23(25)26)9-10-22(18)27/h1-13H,15H2,(H3,25,26). The summed E-state index contributed by atoms with van der Waals surface area (Å²) in [7, 11) is 0. The molecule has 0 atom stereocenters. The maximum Gasteiger partial charge on any atom is 0.122 e. The van der Waals surface area contributed by atoms with Crippen molar-refractivity contribution in [1.82, 2.24) is 4.57 Å². The fourth-order valence-corrected chi connectivity index (χ4v) is 3.32. The van der Waals surface area contributed by atoms with Crippen LogP contribution in [-0.2, 0) is 6.54 Å². The minimum Gasteiger partial charge on any atom is -0.384 e. The van der Waals surface area contributed by atoms with Crippen LogP contribution in [0.1, 0.15) is 16.7 Å². The molecule has 27 heavy (non-hydrogen) atoms. The van der Waals surface area contributed by atoms with Crippen molar-refractivity contribution in [3.05, 3.63) is 95.7 Å². The van der Waals surface area contributed by atoms with Crippen LogP contribution in [0.2, 0.25) is 0 Å². The summed E-state index contributed by atoms with van der Waals surface area (Å²) in [6.07, 6.45) is 2.05. The molecule has 3 N–H and O–H groups in total. The van der Waals surface area contributed by atoms with Crippen LogP contribution in [0.15, 0.2) is 79.0 Å². The highest BCUT2D eigenvalue weighted by Crippen LogP contribution is 2.24. The van der Waals surface area contributed by atoms with Gasteiger partial charge in [-0.25, -0.2) is 0 Å². The van der Waals surface area contributed by atoms with Crippen molar-refractivity contribution in [1.29, 1.82) is 10.7 Å². The topological polar surface area (TPSA) is 78.6 Å². The lowest BCUT2D eigenvalue weighted by molar-refractivity contribution is 0.837. The SMILES string of the molecule is N#Cc1ccccc1-c1ccc(Cn2ccc3cc(C(=N)N)ccc32)cc1. The lowest BCUT2D eigenvalue weighted by atomic mass is 9.99. The minimum absolute atomic E-state index is 0.0814. The van der Waals surface area contributed by atoms with Gasteiger partial charge in [-0.05, 0) is 47.0 Å². The molecule has 0 fully saturated rings. The molecule has 0 aliphatic carbocycles. The Morgan fingerprint density at radius 1 is 1.00 bits per heavy atom. The number of aromatic nitrogens is 1. The van der Waals surface area contributed by atoms with Crippen LogP contribution in [0, 0.1) is 16.7 Å². The van der Waals surface area contributed by atoms with Crippen LogP contribution in [0.4, 0.5) is 0 Å². The molecule has 1 heterocycles. The number of hydrogen-bond acceptors (Lipinski definition) is 2. The molecule has 4 rings (SSSR count). The van der Waals surface area contributed by atoms with Crippen molar-refractivity contribution in [3.63, 3.8) is 0 Å². The van der Waals surface area contributed by atoms with Gasteiger partial charge >= 0.3 is 0 Å². The Balaban J connectivity index is 1.61. The van der Waals surface area contributed by atoms with Crippen molar-refractivity contribution >= 4 is 16.7 Å². The van der Waals surface area contributed by atoms with Gasteiger partial charge in [-0.2, -0.15) is 5.26 Å². The number of nitriles is 1. The average molecular weight is 350 g/mol. The largest absolute Gasteiger partial charge is 0.384 e. The first kappa shape index (κ1) is 16.6. The zero-order valence-electron chi connectivity index (χ0n) is 14.7. The number of fused-ring (bicyclic) bond motifs is 1. The van der Waals surface area contributed by atoms with Crippen LogP contribution >= 0.6 is 0 Å². The third kappa shape index (κ3) is 3.19. The summed E-state index contributed by atoms with van der Waals surface area (Å²) in [5.74, 6) is 0.0814. The third-order valence-corrected chi connectivity index (χ3v) is 4.75. The van der Waals surface area contributed by atoms with Crippen molar-refractivity contribution < 1.29 is 0 Å². The summed E-state index contributed by atoms with van der Waals surface area (Å²) in [5, 5.41) is 17.9. The lowest BCUT2D eigenvalue weighted by Crippen LogP contribution is -2.10. The average Bonchev–Trinajstić information content (AvgIpc) is 3.10. The highest BCUT2D eigenvalue weighted by atomic mass is 14.9. The Kier molecular flexibility index (Phi) is 4.19. The zero-order chi connectivity index (χ0) is 18.8. The molecule has 4 nitrogen and oxygen atoms in total. The van der Waals surface area contributed by atoms with E-state index in [9.17, 15) is 5.26 Å². The van der Waals surface area contributed by atoms with E-state index in [4.69, 9.17) is 11.1 Å². The van der Waals surface area contributed by atoms with Gasteiger partial charge in [0.25, 0.3) is 0 Å². The van der Waals surface area contributed by atoms with Gasteiger partial charge in [0, 0.05) is 29.2 Å². The fraction of sp³-hybridized carbons (Fsp3) is 0.0435. The van der Waals surface area contributed by atoms with E-state index in [0.717, 1.165) is 34.1 Å². The van der Waals surface area contributed by atoms with E-state index >= 15 is 0 Å². The van der Waals surface area contributed by atoms with E-state index in [1.165, 1.54) is 5.56 Å².